The van der Waals surface area contributed by atoms with Crippen LogP contribution in [0.15, 0.2) is 79.0 Å². The molecule has 2 unspecified atom stereocenters. The van der Waals surface area contributed by atoms with Crippen LogP contribution in [0.3, 0.4) is 0 Å². The third kappa shape index (κ3) is 5.58. The molecule has 4 amide bonds. The summed E-state index contributed by atoms with van der Waals surface area (Å²) >= 11 is 0. The summed E-state index contributed by atoms with van der Waals surface area (Å²) in [5, 5.41) is 5.65. The van der Waals surface area contributed by atoms with Crippen molar-refractivity contribution in [3.8, 4) is 11.1 Å². The SMILES string of the molecule is NC(=O)c1cc(-c2cccnc2[C@H](Cc2cc(F)cc(F)c2)NC(=O)CN2C(=O)NC3C=CC=CC32)ccc1F. The van der Waals surface area contributed by atoms with Crippen LogP contribution in [0.1, 0.15) is 27.7 Å². The van der Waals surface area contributed by atoms with E-state index in [1.165, 1.54) is 23.2 Å². The first-order chi connectivity index (χ1) is 19.2. The summed E-state index contributed by atoms with van der Waals surface area (Å²) in [6, 6.07) is 8.15. The Morgan fingerprint density at radius 3 is 2.55 bits per heavy atom. The van der Waals surface area contributed by atoms with Gasteiger partial charge < -0.3 is 21.3 Å². The zero-order valence-corrected chi connectivity index (χ0v) is 21.0. The van der Waals surface area contributed by atoms with Gasteiger partial charge in [0.25, 0.3) is 5.91 Å². The van der Waals surface area contributed by atoms with E-state index in [0.29, 0.717) is 16.8 Å². The molecule has 2 aromatic carbocycles. The number of carbonyl (C=O) groups excluding carboxylic acids is 3. The van der Waals surface area contributed by atoms with E-state index in [1.807, 2.05) is 12.2 Å². The number of nitrogens with zero attached hydrogens (tertiary/aromatic N) is 2. The van der Waals surface area contributed by atoms with Gasteiger partial charge in [0.2, 0.25) is 5.91 Å². The van der Waals surface area contributed by atoms with Crippen LogP contribution in [0.4, 0.5) is 18.0 Å². The molecule has 5 rings (SSSR count). The first-order valence-electron chi connectivity index (χ1n) is 12.4. The molecule has 2 heterocycles. The molecule has 204 valence electrons. The van der Waals surface area contributed by atoms with E-state index in [9.17, 15) is 27.6 Å². The van der Waals surface area contributed by atoms with Crippen molar-refractivity contribution in [3.05, 3.63) is 113 Å². The van der Waals surface area contributed by atoms with Crippen molar-refractivity contribution in [1.29, 1.82) is 0 Å². The second kappa shape index (κ2) is 11.0. The number of nitrogens with two attached hydrogens (primary N) is 1. The Labute approximate surface area is 227 Å². The molecule has 0 saturated carbocycles. The summed E-state index contributed by atoms with van der Waals surface area (Å²) in [6.07, 6.45) is 8.64. The topological polar surface area (TPSA) is 117 Å². The molecule has 1 aliphatic heterocycles. The van der Waals surface area contributed by atoms with Crippen LogP contribution in [0.5, 0.6) is 0 Å². The molecule has 0 bridgehead atoms. The maximum Gasteiger partial charge on any atom is 0.319 e. The van der Waals surface area contributed by atoms with E-state index in [4.69, 9.17) is 5.73 Å². The van der Waals surface area contributed by atoms with Gasteiger partial charge in [-0.15, -0.1) is 0 Å². The molecule has 3 atom stereocenters. The predicted molar refractivity (Wildman–Crippen MR) is 140 cm³/mol. The standard InChI is InChI=1S/C29H24F3N5O3/c30-18-10-16(11-19(31)14-18)12-24(35-26(38)15-37-25-6-2-1-5-23(25)36-29(37)40)27-20(4-3-9-34-27)17-7-8-22(32)21(13-17)28(33)39/h1-11,13-14,23-25H,12,15H2,(H2,33,39)(H,35,38)(H,36,40)/t23?,24-,25?/m0/s1. The lowest BCUT2D eigenvalue weighted by Gasteiger charge is -2.26. The lowest BCUT2D eigenvalue weighted by atomic mass is 9.94. The van der Waals surface area contributed by atoms with Gasteiger partial charge in [0.1, 0.15) is 24.0 Å². The average Bonchev–Trinajstić information content (AvgIpc) is 3.22. The molecule has 0 spiro atoms. The number of primary amides is 1. The molecule has 3 aromatic rings. The highest BCUT2D eigenvalue weighted by Gasteiger charge is 2.38. The van der Waals surface area contributed by atoms with Crippen molar-refractivity contribution in [2.24, 2.45) is 5.73 Å². The van der Waals surface area contributed by atoms with Crippen molar-refractivity contribution >= 4 is 17.8 Å². The highest BCUT2D eigenvalue weighted by molar-refractivity contribution is 5.94. The number of halogens is 3. The molecule has 1 aromatic heterocycles. The Kier molecular flexibility index (Phi) is 7.37. The zero-order valence-electron chi connectivity index (χ0n) is 21.0. The number of carbonyl (C=O) groups is 3. The minimum atomic E-state index is -0.960. The van der Waals surface area contributed by atoms with Gasteiger partial charge in [-0.05, 0) is 47.9 Å². The van der Waals surface area contributed by atoms with Crippen LogP contribution in [0.25, 0.3) is 11.1 Å². The van der Waals surface area contributed by atoms with Gasteiger partial charge in [-0.25, -0.2) is 18.0 Å². The van der Waals surface area contributed by atoms with Crippen LogP contribution >= 0.6 is 0 Å². The van der Waals surface area contributed by atoms with E-state index in [-0.39, 0.29) is 36.2 Å². The lowest BCUT2D eigenvalue weighted by Crippen LogP contribution is -2.44. The quantitative estimate of drug-likeness (QED) is 0.400. The van der Waals surface area contributed by atoms with Crippen LogP contribution in [0.2, 0.25) is 0 Å². The fourth-order valence-corrected chi connectivity index (χ4v) is 4.96. The number of pyridine rings is 1. The number of fused-ring (bicyclic) bond motifs is 1. The van der Waals surface area contributed by atoms with Gasteiger partial charge in [0.15, 0.2) is 0 Å². The van der Waals surface area contributed by atoms with E-state index >= 15 is 0 Å². The van der Waals surface area contributed by atoms with Crippen LogP contribution in [-0.2, 0) is 11.2 Å². The van der Waals surface area contributed by atoms with Crippen molar-refractivity contribution in [2.75, 3.05) is 6.54 Å². The van der Waals surface area contributed by atoms with Crippen molar-refractivity contribution < 1.29 is 27.6 Å². The van der Waals surface area contributed by atoms with Gasteiger partial charge in [0, 0.05) is 17.8 Å². The summed E-state index contributed by atoms with van der Waals surface area (Å²) in [5.74, 6) is -3.87. The molecule has 40 heavy (non-hydrogen) atoms. The van der Waals surface area contributed by atoms with Crippen molar-refractivity contribution in [2.45, 2.75) is 24.5 Å². The molecule has 8 nitrogen and oxygen atoms in total. The number of urea groups is 1. The number of benzene rings is 2. The summed E-state index contributed by atoms with van der Waals surface area (Å²) < 4.78 is 42.2. The predicted octanol–water partition coefficient (Wildman–Crippen LogP) is 3.55. The molecule has 1 saturated heterocycles. The van der Waals surface area contributed by atoms with Crippen molar-refractivity contribution in [1.82, 2.24) is 20.5 Å². The fourth-order valence-electron chi connectivity index (χ4n) is 4.96. The Morgan fingerprint density at radius 2 is 1.80 bits per heavy atom. The van der Waals surface area contributed by atoms with Gasteiger partial charge in [-0.3, -0.25) is 14.6 Å². The minimum absolute atomic E-state index is 0.0603. The highest BCUT2D eigenvalue weighted by Crippen LogP contribution is 2.30. The smallest absolute Gasteiger partial charge is 0.319 e. The number of aromatic nitrogens is 1. The summed E-state index contributed by atoms with van der Waals surface area (Å²) in [4.78, 5) is 43.4. The number of rotatable bonds is 8. The van der Waals surface area contributed by atoms with E-state index < -0.39 is 41.3 Å². The Bertz CT molecular complexity index is 1540. The monoisotopic (exact) mass is 547 g/mol. The number of nitrogens with one attached hydrogen (secondary N) is 2. The zero-order chi connectivity index (χ0) is 28.4. The highest BCUT2D eigenvalue weighted by atomic mass is 19.1. The molecule has 4 N–H and O–H groups in total. The number of hydrogen-bond donors (Lipinski definition) is 3. The van der Waals surface area contributed by atoms with E-state index in [2.05, 4.69) is 15.6 Å². The normalized spacial score (nSPS) is 18.3. The Hall–Kier alpha value is -4.93. The molecule has 2 aliphatic rings. The lowest BCUT2D eigenvalue weighted by molar-refractivity contribution is -0.122. The van der Waals surface area contributed by atoms with Crippen LogP contribution < -0.4 is 16.4 Å². The first kappa shape index (κ1) is 26.7. The third-order valence-electron chi connectivity index (χ3n) is 6.74. The van der Waals surface area contributed by atoms with Gasteiger partial charge in [-0.2, -0.15) is 0 Å². The molecule has 0 radical (unpaired) electrons. The minimum Gasteiger partial charge on any atom is -0.366 e. The molecular weight excluding hydrogens is 523 g/mol. The van der Waals surface area contributed by atoms with Crippen LogP contribution in [-0.4, -0.2) is 46.4 Å². The Balaban J connectivity index is 1.49. The fraction of sp³-hybridized carbons (Fsp3) is 0.172. The summed E-state index contributed by atoms with van der Waals surface area (Å²) in [7, 11) is 0. The van der Waals surface area contributed by atoms with Crippen LogP contribution in [0, 0.1) is 17.5 Å². The maximum absolute atomic E-state index is 14.2. The number of allylic oxidation sites excluding steroid dienone is 2. The number of amides is 4. The first-order valence-corrected chi connectivity index (χ1v) is 12.4. The van der Waals surface area contributed by atoms with Gasteiger partial charge in [0.05, 0.1) is 29.4 Å². The summed E-state index contributed by atoms with van der Waals surface area (Å²) in [6.45, 7) is -0.288. The maximum atomic E-state index is 14.2. The van der Waals surface area contributed by atoms with E-state index in [1.54, 1.807) is 24.3 Å². The molecular formula is C29H24F3N5O3. The summed E-state index contributed by atoms with van der Waals surface area (Å²) in [5.41, 5.74) is 6.37. The van der Waals surface area contributed by atoms with Gasteiger partial charge >= 0.3 is 6.03 Å². The van der Waals surface area contributed by atoms with Crippen molar-refractivity contribution in [3.63, 3.8) is 0 Å². The number of hydrogen-bond acceptors (Lipinski definition) is 4. The molecule has 1 fully saturated rings. The molecule has 1 aliphatic carbocycles. The third-order valence-corrected chi connectivity index (χ3v) is 6.74. The average molecular weight is 548 g/mol. The second-order valence-electron chi connectivity index (χ2n) is 9.46. The van der Waals surface area contributed by atoms with E-state index in [0.717, 1.165) is 24.3 Å². The second-order valence-corrected chi connectivity index (χ2v) is 9.46. The van der Waals surface area contributed by atoms with Gasteiger partial charge in [-0.1, -0.05) is 36.4 Å². The Morgan fingerprint density at radius 1 is 1.05 bits per heavy atom. The molecule has 11 heteroatoms. The largest absolute Gasteiger partial charge is 0.366 e.